The van der Waals surface area contributed by atoms with Crippen LogP contribution in [0.1, 0.15) is 24.5 Å². The van der Waals surface area contributed by atoms with Crippen molar-refractivity contribution in [2.75, 3.05) is 4.90 Å². The van der Waals surface area contributed by atoms with Crippen molar-refractivity contribution in [2.45, 2.75) is 18.8 Å². The van der Waals surface area contributed by atoms with Gasteiger partial charge in [0, 0.05) is 42.7 Å². The predicted octanol–water partition coefficient (Wildman–Crippen LogP) is 10.5. The molecular weight excluding hydrogens is 490 g/mol. The van der Waals surface area contributed by atoms with E-state index in [0.29, 0.717) is 0 Å². The number of allylic oxidation sites excluding steroid dienone is 4. The molecule has 0 fully saturated rings. The lowest BCUT2D eigenvalue weighted by molar-refractivity contribution is 0.579. The van der Waals surface area contributed by atoms with Crippen molar-refractivity contribution in [2.24, 2.45) is 0 Å². The molecule has 6 aromatic rings. The maximum Gasteiger partial charge on any atom is 0.0500 e. The van der Waals surface area contributed by atoms with E-state index < -0.39 is 0 Å². The minimum Gasteiger partial charge on any atom is -0.313 e. The van der Waals surface area contributed by atoms with Crippen LogP contribution in [0.5, 0.6) is 0 Å². The maximum atomic E-state index is 2.48. The minimum atomic E-state index is -0.0582. The largest absolute Gasteiger partial charge is 0.313 e. The summed E-state index contributed by atoms with van der Waals surface area (Å²) >= 11 is 1.88. The van der Waals surface area contributed by atoms with E-state index in [9.17, 15) is 0 Å². The average Bonchev–Trinajstić information content (AvgIpc) is 3.49. The van der Waals surface area contributed by atoms with E-state index in [1.165, 1.54) is 65.1 Å². The Kier molecular flexibility index (Phi) is 4.95. The van der Waals surface area contributed by atoms with Gasteiger partial charge >= 0.3 is 0 Å². The third-order valence-corrected chi connectivity index (χ3v) is 9.66. The van der Waals surface area contributed by atoms with Crippen LogP contribution in [0.3, 0.4) is 0 Å². The number of anilines is 2. The zero-order chi connectivity index (χ0) is 26.0. The van der Waals surface area contributed by atoms with Gasteiger partial charge in [-0.1, -0.05) is 91.0 Å². The van der Waals surface area contributed by atoms with Crippen LogP contribution in [0.2, 0.25) is 0 Å². The van der Waals surface area contributed by atoms with Gasteiger partial charge in [0.05, 0.1) is 0 Å². The van der Waals surface area contributed by atoms with Crippen molar-refractivity contribution in [3.8, 4) is 11.1 Å². The van der Waals surface area contributed by atoms with Gasteiger partial charge in [0.1, 0.15) is 0 Å². The molecule has 0 saturated carbocycles. The summed E-state index contributed by atoms with van der Waals surface area (Å²) < 4.78 is 2.70. The molecule has 0 bridgehead atoms. The van der Waals surface area contributed by atoms with Crippen LogP contribution in [0, 0.1) is 0 Å². The second-order valence-electron chi connectivity index (χ2n) is 10.8. The summed E-state index contributed by atoms with van der Waals surface area (Å²) in [7, 11) is 0. The summed E-state index contributed by atoms with van der Waals surface area (Å²) in [4.78, 5) is 2.48. The van der Waals surface area contributed by atoms with Crippen LogP contribution in [0.4, 0.5) is 11.4 Å². The number of nitrogens with zero attached hydrogens (tertiary/aromatic N) is 1. The van der Waals surface area contributed by atoms with E-state index in [4.69, 9.17) is 0 Å². The summed E-state index contributed by atoms with van der Waals surface area (Å²) in [5, 5.41) is 2.70. The monoisotopic (exact) mass is 517 g/mol. The quantitative estimate of drug-likeness (QED) is 0.226. The Morgan fingerprint density at radius 3 is 2.21 bits per heavy atom. The molecule has 0 radical (unpaired) electrons. The van der Waals surface area contributed by atoms with Crippen molar-refractivity contribution >= 4 is 48.5 Å². The fraction of sp³-hybridized carbons (Fsp3) is 0.0811. The molecule has 1 aliphatic carbocycles. The zero-order valence-electron chi connectivity index (χ0n) is 21.8. The van der Waals surface area contributed by atoms with Gasteiger partial charge < -0.3 is 4.90 Å². The van der Waals surface area contributed by atoms with E-state index in [0.717, 1.165) is 6.42 Å². The first-order valence-corrected chi connectivity index (χ1v) is 14.4. The summed E-state index contributed by atoms with van der Waals surface area (Å²) in [6.07, 6.45) is 5.86. The molecule has 0 amide bonds. The Bertz CT molecular complexity index is 1940. The van der Waals surface area contributed by atoms with Crippen molar-refractivity contribution in [3.63, 3.8) is 0 Å². The van der Waals surface area contributed by atoms with Crippen LogP contribution in [-0.4, -0.2) is 0 Å². The Morgan fingerprint density at radius 2 is 1.33 bits per heavy atom. The fourth-order valence-electron chi connectivity index (χ4n) is 6.43. The van der Waals surface area contributed by atoms with Gasteiger partial charge in [-0.25, -0.2) is 0 Å². The van der Waals surface area contributed by atoms with Gasteiger partial charge in [-0.05, 0) is 83.6 Å². The molecule has 186 valence electrons. The Balaban J connectivity index is 1.25. The van der Waals surface area contributed by atoms with Crippen LogP contribution in [-0.2, 0) is 5.41 Å². The number of hydrogen-bond donors (Lipinski definition) is 0. The fourth-order valence-corrected chi connectivity index (χ4v) is 7.51. The molecule has 2 heterocycles. The van der Waals surface area contributed by atoms with Crippen molar-refractivity contribution < 1.29 is 0 Å². The van der Waals surface area contributed by atoms with Gasteiger partial charge in [-0.15, -0.1) is 11.3 Å². The van der Waals surface area contributed by atoms with Crippen LogP contribution in [0.15, 0.2) is 139 Å². The molecule has 0 N–H and O–H groups in total. The lowest BCUT2D eigenvalue weighted by Gasteiger charge is -2.33. The lowest BCUT2D eigenvalue weighted by Crippen LogP contribution is -2.27. The average molecular weight is 518 g/mol. The third kappa shape index (κ3) is 3.45. The normalized spacial score (nSPS) is 18.1. The Morgan fingerprint density at radius 1 is 0.641 bits per heavy atom. The number of para-hydroxylation sites is 1. The Labute approximate surface area is 233 Å². The molecule has 1 unspecified atom stereocenters. The summed E-state index contributed by atoms with van der Waals surface area (Å²) in [6, 6.07) is 44.3. The minimum absolute atomic E-state index is 0.0582. The van der Waals surface area contributed by atoms with Gasteiger partial charge in [-0.3, -0.25) is 0 Å². The van der Waals surface area contributed by atoms with Crippen LogP contribution >= 0.6 is 11.3 Å². The van der Waals surface area contributed by atoms with E-state index in [-0.39, 0.29) is 5.41 Å². The topological polar surface area (TPSA) is 3.24 Å². The van der Waals surface area contributed by atoms with E-state index in [1.807, 2.05) is 11.3 Å². The predicted molar refractivity (Wildman–Crippen MR) is 168 cm³/mol. The highest BCUT2D eigenvalue weighted by Crippen LogP contribution is 2.55. The van der Waals surface area contributed by atoms with E-state index >= 15 is 0 Å². The van der Waals surface area contributed by atoms with Crippen molar-refractivity contribution in [1.29, 1.82) is 0 Å². The van der Waals surface area contributed by atoms with Crippen molar-refractivity contribution in [3.05, 3.63) is 150 Å². The van der Waals surface area contributed by atoms with E-state index in [1.54, 1.807) is 0 Å². The molecule has 0 spiro atoms. The third-order valence-electron chi connectivity index (χ3n) is 8.51. The van der Waals surface area contributed by atoms with Gasteiger partial charge in [0.15, 0.2) is 0 Å². The second kappa shape index (κ2) is 8.56. The highest BCUT2D eigenvalue weighted by Gasteiger charge is 2.45. The molecule has 1 nitrogen and oxygen atoms in total. The van der Waals surface area contributed by atoms with Gasteiger partial charge in [0.25, 0.3) is 0 Å². The molecule has 1 aromatic heterocycles. The number of benzene rings is 5. The van der Waals surface area contributed by atoms with E-state index in [2.05, 4.69) is 145 Å². The first-order valence-electron chi connectivity index (χ1n) is 13.6. The van der Waals surface area contributed by atoms with Crippen LogP contribution in [0.25, 0.3) is 36.9 Å². The molecule has 2 heteroatoms. The van der Waals surface area contributed by atoms with Crippen molar-refractivity contribution in [1.82, 2.24) is 0 Å². The summed E-state index contributed by atoms with van der Waals surface area (Å²) in [5.41, 5.74) is 10.3. The Hall–Kier alpha value is -4.40. The molecule has 1 aliphatic heterocycles. The standard InChI is InChI=1S/C37H27NS/c1-37-22-21-28(27-17-20-35-31(23-27)30-11-5-8-14-34(30)39-35)24-36(37)38(33-13-7-6-12-32(33)37)29-18-15-26(16-19-29)25-9-3-2-4-10-25/h2-21,23-24H,22H2,1H3. The van der Waals surface area contributed by atoms with Crippen LogP contribution < -0.4 is 4.90 Å². The molecule has 8 rings (SSSR count). The second-order valence-corrected chi connectivity index (χ2v) is 11.9. The number of hydrogen-bond acceptors (Lipinski definition) is 2. The summed E-state index contributed by atoms with van der Waals surface area (Å²) in [5.74, 6) is 0. The van der Waals surface area contributed by atoms with Gasteiger partial charge in [-0.2, -0.15) is 0 Å². The molecule has 0 saturated heterocycles. The number of fused-ring (bicyclic) bond motifs is 6. The highest BCUT2D eigenvalue weighted by molar-refractivity contribution is 7.25. The SMILES string of the molecule is CC12CC=C(c3ccc4sc5ccccc5c4c3)C=C1N(c1ccc(-c3ccccc3)cc1)c1ccccc12. The molecule has 5 aromatic carbocycles. The molecule has 39 heavy (non-hydrogen) atoms. The maximum absolute atomic E-state index is 2.48. The molecule has 2 aliphatic rings. The number of rotatable bonds is 3. The molecule has 1 atom stereocenters. The zero-order valence-corrected chi connectivity index (χ0v) is 22.6. The smallest absolute Gasteiger partial charge is 0.0500 e. The highest BCUT2D eigenvalue weighted by atomic mass is 32.1. The summed E-state index contributed by atoms with van der Waals surface area (Å²) in [6.45, 7) is 2.40. The first kappa shape index (κ1) is 22.6. The molecular formula is C37H27NS. The first-order chi connectivity index (χ1) is 19.2. The lowest BCUT2D eigenvalue weighted by atomic mass is 9.74. The van der Waals surface area contributed by atoms with Gasteiger partial charge in [0.2, 0.25) is 0 Å². The number of thiophene rings is 1.